The minimum absolute atomic E-state index is 0.0789. The van der Waals surface area contributed by atoms with E-state index in [-0.39, 0.29) is 5.69 Å². The number of amides is 1. The number of para-hydroxylation sites is 1. The van der Waals surface area contributed by atoms with Crippen LogP contribution in [-0.2, 0) is 7.05 Å². The first-order valence-corrected chi connectivity index (χ1v) is 10.1. The number of nitriles is 1. The summed E-state index contributed by atoms with van der Waals surface area (Å²) in [5.74, 6) is 1.29. The number of methoxy groups -OCH3 is 1. The van der Waals surface area contributed by atoms with E-state index in [1.54, 1.807) is 43.7 Å². The molecule has 0 saturated heterocycles. The summed E-state index contributed by atoms with van der Waals surface area (Å²) in [7, 11) is 4.70. The summed E-state index contributed by atoms with van der Waals surface area (Å²) < 4.78 is 7.09. The van der Waals surface area contributed by atoms with Gasteiger partial charge in [0.2, 0.25) is 0 Å². The number of aromatic nitrogens is 6. The van der Waals surface area contributed by atoms with E-state index in [1.165, 1.54) is 18.8 Å². The van der Waals surface area contributed by atoms with E-state index < -0.39 is 5.91 Å². The van der Waals surface area contributed by atoms with Crippen LogP contribution in [0.4, 0.5) is 23.0 Å². The largest absolute Gasteiger partial charge is 0.494 e. The lowest BCUT2D eigenvalue weighted by atomic mass is 10.1. The molecule has 12 heteroatoms. The highest BCUT2D eigenvalue weighted by Crippen LogP contribution is 2.37. The minimum atomic E-state index is -0.423. The fourth-order valence-electron chi connectivity index (χ4n) is 3.21. The molecule has 0 aliphatic rings. The molecule has 34 heavy (non-hydrogen) atoms. The van der Waals surface area contributed by atoms with Gasteiger partial charge in [0.15, 0.2) is 28.9 Å². The molecule has 170 valence electrons. The second-order valence-corrected chi connectivity index (χ2v) is 6.93. The maximum absolute atomic E-state index is 12.4. The summed E-state index contributed by atoms with van der Waals surface area (Å²) >= 11 is 0. The molecule has 3 aromatic heterocycles. The fourth-order valence-corrected chi connectivity index (χ4v) is 3.21. The molecule has 0 radical (unpaired) electrons. The van der Waals surface area contributed by atoms with Crippen molar-refractivity contribution in [2.75, 3.05) is 24.8 Å². The predicted octanol–water partition coefficient (Wildman–Crippen LogP) is 2.39. The van der Waals surface area contributed by atoms with Crippen molar-refractivity contribution in [2.45, 2.75) is 0 Å². The van der Waals surface area contributed by atoms with Gasteiger partial charge in [0, 0.05) is 38.6 Å². The second kappa shape index (κ2) is 9.61. The van der Waals surface area contributed by atoms with Gasteiger partial charge in [-0.1, -0.05) is 6.07 Å². The first-order valence-electron chi connectivity index (χ1n) is 10.1. The van der Waals surface area contributed by atoms with Crippen LogP contribution in [0.3, 0.4) is 0 Å². The van der Waals surface area contributed by atoms with Crippen LogP contribution in [0.2, 0.25) is 0 Å². The Morgan fingerprint density at radius 2 is 1.85 bits per heavy atom. The van der Waals surface area contributed by atoms with Gasteiger partial charge in [-0.05, 0) is 18.2 Å². The van der Waals surface area contributed by atoms with Crippen molar-refractivity contribution in [1.29, 1.82) is 5.26 Å². The van der Waals surface area contributed by atoms with E-state index in [2.05, 4.69) is 41.2 Å². The average Bonchev–Trinajstić information content (AvgIpc) is 3.22. The van der Waals surface area contributed by atoms with Crippen LogP contribution < -0.4 is 20.7 Å². The summed E-state index contributed by atoms with van der Waals surface area (Å²) in [4.78, 5) is 21.0. The van der Waals surface area contributed by atoms with Gasteiger partial charge in [-0.3, -0.25) is 9.48 Å². The maximum Gasteiger partial charge on any atom is 0.273 e. The molecule has 4 rings (SSSR count). The van der Waals surface area contributed by atoms with Crippen molar-refractivity contribution in [3.05, 3.63) is 60.2 Å². The molecule has 0 aliphatic carbocycles. The topological polar surface area (TPSA) is 156 Å². The number of nitrogens with zero attached hydrogens (tertiary/aromatic N) is 7. The average molecular weight is 456 g/mol. The van der Waals surface area contributed by atoms with Crippen LogP contribution in [0.1, 0.15) is 16.2 Å². The Morgan fingerprint density at radius 1 is 1.06 bits per heavy atom. The van der Waals surface area contributed by atoms with Crippen molar-refractivity contribution < 1.29 is 9.53 Å². The molecule has 0 unspecified atom stereocenters. The molecule has 0 fully saturated rings. The number of carbonyl (C=O) groups excluding carboxylic acids is 1. The van der Waals surface area contributed by atoms with E-state index in [0.29, 0.717) is 45.8 Å². The molecule has 0 aliphatic heterocycles. The maximum atomic E-state index is 12.4. The van der Waals surface area contributed by atoms with Gasteiger partial charge in [0.25, 0.3) is 5.91 Å². The summed E-state index contributed by atoms with van der Waals surface area (Å²) in [5, 5.41) is 30.3. The Balaban J connectivity index is 1.73. The van der Waals surface area contributed by atoms with E-state index >= 15 is 0 Å². The number of nitrogens with one attached hydrogen (secondary N) is 3. The van der Waals surface area contributed by atoms with E-state index in [9.17, 15) is 4.79 Å². The van der Waals surface area contributed by atoms with Gasteiger partial charge in [-0.15, -0.1) is 10.2 Å². The van der Waals surface area contributed by atoms with Crippen LogP contribution in [0.25, 0.3) is 11.4 Å². The van der Waals surface area contributed by atoms with Crippen molar-refractivity contribution in [2.24, 2.45) is 7.05 Å². The second-order valence-electron chi connectivity index (χ2n) is 6.93. The lowest BCUT2D eigenvalue weighted by Crippen LogP contribution is -2.21. The van der Waals surface area contributed by atoms with Crippen molar-refractivity contribution in [3.8, 4) is 23.2 Å². The van der Waals surface area contributed by atoms with Crippen LogP contribution in [0.15, 0.2) is 48.8 Å². The number of carbonyl (C=O) groups is 1. The number of aryl methyl sites for hydroxylation is 1. The molecule has 4 aromatic rings. The van der Waals surface area contributed by atoms with Crippen molar-refractivity contribution in [3.63, 3.8) is 0 Å². The Labute approximate surface area is 194 Å². The van der Waals surface area contributed by atoms with Gasteiger partial charge in [0.05, 0.1) is 24.0 Å². The monoisotopic (exact) mass is 456 g/mol. The minimum Gasteiger partial charge on any atom is -0.494 e. The zero-order chi connectivity index (χ0) is 24.1. The quantitative estimate of drug-likeness (QED) is 0.377. The standard InChI is InChI=1S/C22H20N10O2/c1-24-22(33)19-16(11-17(29-30-19)28-18-10-13(12-23)32(2)31-18)27-15-7-4-6-14(20(15)34-3)21-25-8-5-9-26-21/h4-11H,1-3H3,(H,24,33)(H2,27,28,29,31). The molecular weight excluding hydrogens is 436 g/mol. The Morgan fingerprint density at radius 3 is 2.53 bits per heavy atom. The van der Waals surface area contributed by atoms with E-state index in [0.717, 1.165) is 0 Å². The molecule has 12 nitrogen and oxygen atoms in total. The molecule has 1 aromatic carbocycles. The van der Waals surface area contributed by atoms with Gasteiger partial charge in [-0.25, -0.2) is 9.97 Å². The Hall–Kier alpha value is -5.05. The lowest BCUT2D eigenvalue weighted by Gasteiger charge is -2.16. The predicted molar refractivity (Wildman–Crippen MR) is 124 cm³/mol. The number of hydrogen-bond donors (Lipinski definition) is 3. The van der Waals surface area contributed by atoms with Crippen LogP contribution in [0, 0.1) is 11.3 Å². The van der Waals surface area contributed by atoms with Crippen LogP contribution in [-0.4, -0.2) is 50.0 Å². The number of anilines is 4. The summed E-state index contributed by atoms with van der Waals surface area (Å²) in [6.45, 7) is 0. The van der Waals surface area contributed by atoms with Crippen molar-refractivity contribution in [1.82, 2.24) is 35.3 Å². The smallest absolute Gasteiger partial charge is 0.273 e. The van der Waals surface area contributed by atoms with Crippen molar-refractivity contribution >= 4 is 28.9 Å². The zero-order valence-electron chi connectivity index (χ0n) is 18.6. The molecule has 0 bridgehead atoms. The number of ether oxygens (including phenoxy) is 1. The summed E-state index contributed by atoms with van der Waals surface area (Å²) in [6.07, 6.45) is 3.29. The molecule has 1 amide bonds. The zero-order valence-corrected chi connectivity index (χ0v) is 18.6. The van der Waals surface area contributed by atoms with Gasteiger partial charge < -0.3 is 20.7 Å². The molecule has 3 N–H and O–H groups in total. The SMILES string of the molecule is CNC(=O)c1nnc(Nc2cc(C#N)n(C)n2)cc1Nc1cccc(-c2ncccn2)c1OC. The first-order chi connectivity index (χ1) is 16.5. The Kier molecular flexibility index (Phi) is 6.26. The summed E-state index contributed by atoms with van der Waals surface area (Å²) in [5.41, 5.74) is 2.07. The normalized spacial score (nSPS) is 10.3. The van der Waals surface area contributed by atoms with Crippen LogP contribution >= 0.6 is 0 Å². The van der Waals surface area contributed by atoms with Gasteiger partial charge >= 0.3 is 0 Å². The number of benzene rings is 1. The lowest BCUT2D eigenvalue weighted by molar-refractivity contribution is 0.0958. The molecule has 0 spiro atoms. The number of hydrogen-bond acceptors (Lipinski definition) is 10. The van der Waals surface area contributed by atoms with E-state index in [1.807, 2.05) is 18.2 Å². The fraction of sp³-hybridized carbons (Fsp3) is 0.136. The molecule has 0 atom stereocenters. The van der Waals surface area contributed by atoms with Gasteiger partial charge in [-0.2, -0.15) is 10.4 Å². The third-order valence-corrected chi connectivity index (χ3v) is 4.78. The first kappa shape index (κ1) is 22.2. The van der Waals surface area contributed by atoms with E-state index in [4.69, 9.17) is 10.00 Å². The van der Waals surface area contributed by atoms with Gasteiger partial charge in [0.1, 0.15) is 11.8 Å². The van der Waals surface area contributed by atoms with Crippen LogP contribution in [0.5, 0.6) is 5.75 Å². The highest BCUT2D eigenvalue weighted by atomic mass is 16.5. The molecular formula is C22H20N10O2. The number of rotatable bonds is 7. The third kappa shape index (κ3) is 4.44. The highest BCUT2D eigenvalue weighted by molar-refractivity contribution is 5.99. The highest BCUT2D eigenvalue weighted by Gasteiger charge is 2.19. The third-order valence-electron chi connectivity index (χ3n) is 4.78. The Bertz CT molecular complexity index is 1380. The summed E-state index contributed by atoms with van der Waals surface area (Å²) in [6, 6.07) is 12.4. The molecule has 3 heterocycles. The molecule has 0 saturated carbocycles.